The Labute approximate surface area is 342 Å². The first kappa shape index (κ1) is 43.3. The van der Waals surface area contributed by atoms with E-state index in [1.807, 2.05) is 0 Å². The summed E-state index contributed by atoms with van der Waals surface area (Å²) < 4.78 is 22.9. The van der Waals surface area contributed by atoms with Gasteiger partial charge in [-0.25, -0.2) is 9.59 Å². The lowest BCUT2D eigenvalue weighted by molar-refractivity contribution is -0.214. The van der Waals surface area contributed by atoms with Crippen LogP contribution in [0.5, 0.6) is 0 Å². The number of carbonyl (C=O) groups excluding carboxylic acids is 5. The van der Waals surface area contributed by atoms with Crippen molar-refractivity contribution in [2.45, 2.75) is 108 Å². The molecule has 1 amide bonds. The lowest BCUT2D eigenvalue weighted by atomic mass is 9.53. The fourth-order valence-electron chi connectivity index (χ4n) is 8.62. The first-order valence-corrected chi connectivity index (χ1v) is 19.6. The summed E-state index contributed by atoms with van der Waals surface area (Å²) in [5.74, 6) is -4.01. The number of amides is 1. The van der Waals surface area contributed by atoms with Crippen molar-refractivity contribution < 1.29 is 63.3 Å². The lowest BCUT2D eigenvalue weighted by Gasteiger charge is -2.57. The molecule has 10 atom stereocenters. The van der Waals surface area contributed by atoms with E-state index in [1.54, 1.807) is 92.7 Å². The predicted molar refractivity (Wildman–Crippen MR) is 210 cm³/mol. The predicted octanol–water partition coefficient (Wildman–Crippen LogP) is 3.56. The zero-order chi connectivity index (χ0) is 42.9. The number of aliphatic hydroxyl groups excluding tert-OH is 3. The van der Waals surface area contributed by atoms with Crippen molar-refractivity contribution in [1.29, 1.82) is 0 Å². The van der Waals surface area contributed by atoms with E-state index >= 15 is 0 Å². The molecule has 14 heteroatoms. The minimum atomic E-state index is -2.18. The number of Topliss-reactive ketones (excluding diaryl/α,β-unsaturated/α-hetero) is 1. The van der Waals surface area contributed by atoms with Gasteiger partial charge in [0, 0.05) is 37.2 Å². The second-order valence-corrected chi connectivity index (χ2v) is 16.4. The fraction of sp³-hybridized carbons (Fsp3) is 0.444. The van der Waals surface area contributed by atoms with Crippen molar-refractivity contribution in [2.24, 2.45) is 10.8 Å². The summed E-state index contributed by atoms with van der Waals surface area (Å²) in [4.78, 5) is 67.4. The van der Waals surface area contributed by atoms with Gasteiger partial charge in [0.05, 0.1) is 35.8 Å². The van der Waals surface area contributed by atoms with Gasteiger partial charge in [0.1, 0.15) is 23.9 Å². The minimum absolute atomic E-state index is 0.0305. The maximum absolute atomic E-state index is 14.7. The summed E-state index contributed by atoms with van der Waals surface area (Å²) >= 11 is 0. The lowest BCUT2D eigenvalue weighted by Crippen LogP contribution is -2.67. The van der Waals surface area contributed by atoms with Crippen LogP contribution in [-0.4, -0.2) is 105 Å². The molecule has 1 aliphatic heterocycles. The Morgan fingerprint density at radius 1 is 0.847 bits per heavy atom. The number of esters is 3. The smallest absolute Gasteiger partial charge is 0.338 e. The number of benzene rings is 3. The molecular weight excluding hydrogens is 762 g/mol. The van der Waals surface area contributed by atoms with E-state index in [0.717, 1.165) is 0 Å². The van der Waals surface area contributed by atoms with Gasteiger partial charge < -0.3 is 44.7 Å². The van der Waals surface area contributed by atoms with Crippen molar-refractivity contribution in [3.05, 3.63) is 119 Å². The fourth-order valence-corrected chi connectivity index (χ4v) is 8.62. The van der Waals surface area contributed by atoms with E-state index in [1.165, 1.54) is 32.9 Å². The second-order valence-electron chi connectivity index (χ2n) is 16.4. The number of ketones is 1. The molecule has 0 radical (unpaired) electrons. The van der Waals surface area contributed by atoms with Gasteiger partial charge in [0.15, 0.2) is 18.0 Å². The molecule has 3 aromatic rings. The summed E-state index contributed by atoms with van der Waals surface area (Å²) in [7, 11) is 0. The monoisotopic (exact) mass is 813 g/mol. The Hall–Kier alpha value is -5.25. The van der Waals surface area contributed by atoms with Crippen LogP contribution >= 0.6 is 0 Å². The molecule has 1 saturated heterocycles. The number of carbonyl (C=O) groups is 5. The third-order valence-electron chi connectivity index (χ3n) is 12.3. The highest BCUT2D eigenvalue weighted by molar-refractivity contribution is 5.95. The van der Waals surface area contributed by atoms with Crippen LogP contribution in [0.2, 0.25) is 0 Å². The van der Waals surface area contributed by atoms with Crippen LogP contribution in [0.25, 0.3) is 0 Å². The molecule has 14 nitrogen and oxygen atoms in total. The summed E-state index contributed by atoms with van der Waals surface area (Å²) in [5.41, 5.74) is -4.61. The number of ether oxygens (including phenoxy) is 4. The summed E-state index contributed by atoms with van der Waals surface area (Å²) in [6, 6.07) is 23.2. The van der Waals surface area contributed by atoms with Gasteiger partial charge in [-0.1, -0.05) is 80.6 Å². The molecule has 5 N–H and O–H groups in total. The number of fused-ring (bicyclic) bond motifs is 2. The molecule has 314 valence electrons. The largest absolute Gasteiger partial charge is 0.457 e. The Balaban J connectivity index is 1.37. The average molecular weight is 814 g/mol. The summed E-state index contributed by atoms with van der Waals surface area (Å²) in [5, 5.41) is 51.2. The highest BCUT2D eigenvalue weighted by Crippen LogP contribution is 2.56. The Kier molecular flexibility index (Phi) is 12.6. The van der Waals surface area contributed by atoms with Crippen LogP contribution in [0.15, 0.2) is 102 Å². The van der Waals surface area contributed by atoms with Crippen molar-refractivity contribution in [3.63, 3.8) is 0 Å². The van der Waals surface area contributed by atoms with E-state index < -0.39 is 108 Å². The maximum Gasteiger partial charge on any atom is 0.338 e. The highest BCUT2D eigenvalue weighted by Gasteiger charge is 2.65. The average Bonchev–Trinajstić information content (AvgIpc) is 3.21. The highest BCUT2D eigenvalue weighted by atomic mass is 16.6. The van der Waals surface area contributed by atoms with Gasteiger partial charge in [0.2, 0.25) is 0 Å². The third kappa shape index (κ3) is 8.46. The molecular formula is C45H51NO13. The normalized spacial score (nSPS) is 29.0. The standard InChI is InChI=1S/C45H51NO13/c1-25-31(58-42(54)38(50)36(27-15-9-6-10-16-27)46-40(52)28-17-11-7-12-18-28)22-45(55)34(59-41(53)29-19-13-8-14-20-29)23-44(5,39(51)37(49)35(25)43(45,3)4)33(48)21-30-32(24-56-30)57-26(2)47/h6-20,30-34,36-38,48-50,55H,21-24H2,1-5H3,(H,46,52)/t30-,31+,32+,33+,34+,36+,37-,38-,44+,45-/m1/s1. The molecule has 6 rings (SSSR count). The maximum atomic E-state index is 14.7. The van der Waals surface area contributed by atoms with Gasteiger partial charge in [-0.05, 0) is 54.8 Å². The number of hydrogen-bond acceptors (Lipinski definition) is 13. The zero-order valence-electron chi connectivity index (χ0n) is 33.6. The van der Waals surface area contributed by atoms with Crippen LogP contribution in [0, 0.1) is 10.8 Å². The van der Waals surface area contributed by atoms with Gasteiger partial charge >= 0.3 is 17.9 Å². The van der Waals surface area contributed by atoms with E-state index in [2.05, 4.69) is 5.32 Å². The Bertz CT molecular complexity index is 2070. The molecule has 3 aromatic carbocycles. The third-order valence-corrected chi connectivity index (χ3v) is 12.3. The van der Waals surface area contributed by atoms with Gasteiger partial charge in [-0.15, -0.1) is 0 Å². The molecule has 3 aliphatic rings. The molecule has 0 aromatic heterocycles. The second kappa shape index (κ2) is 17.2. The topological polar surface area (TPSA) is 215 Å². The molecule has 59 heavy (non-hydrogen) atoms. The molecule has 0 unspecified atom stereocenters. The number of rotatable bonds is 12. The van der Waals surface area contributed by atoms with E-state index in [-0.39, 0.29) is 35.3 Å². The molecule has 2 aliphatic carbocycles. The SMILES string of the molecule is CC(=O)O[C@H]1CO[C@@H]1C[C@H](O)[C@]1(C)C[C@H](OC(=O)c2ccccc2)[C@]2(O)C[C@H](OC(=O)[C@H](O)[C@@H](NC(=O)c3ccccc3)c3ccccc3)C(C)=C([C@@H](O)C1=O)C2(C)C. The number of aliphatic hydroxyl groups is 4. The summed E-state index contributed by atoms with van der Waals surface area (Å²) in [6.45, 7) is 7.40. The van der Waals surface area contributed by atoms with E-state index in [0.29, 0.717) is 5.56 Å². The number of nitrogens with one attached hydrogen (secondary N) is 1. The molecule has 0 spiro atoms. The van der Waals surface area contributed by atoms with Crippen molar-refractivity contribution >= 4 is 29.6 Å². The van der Waals surface area contributed by atoms with Crippen LogP contribution in [0.4, 0.5) is 0 Å². The van der Waals surface area contributed by atoms with Crippen molar-refractivity contribution in [1.82, 2.24) is 5.32 Å². The Morgan fingerprint density at radius 3 is 1.98 bits per heavy atom. The zero-order valence-corrected chi connectivity index (χ0v) is 33.6. The quantitative estimate of drug-likeness (QED) is 0.101. The van der Waals surface area contributed by atoms with E-state index in [4.69, 9.17) is 18.9 Å². The van der Waals surface area contributed by atoms with Crippen molar-refractivity contribution in [2.75, 3.05) is 6.61 Å². The van der Waals surface area contributed by atoms with Crippen LogP contribution < -0.4 is 5.32 Å². The van der Waals surface area contributed by atoms with Crippen LogP contribution in [0.1, 0.15) is 86.2 Å². The van der Waals surface area contributed by atoms with Crippen LogP contribution in [0.3, 0.4) is 0 Å². The Morgan fingerprint density at radius 2 is 1.42 bits per heavy atom. The molecule has 2 fully saturated rings. The van der Waals surface area contributed by atoms with Gasteiger partial charge in [-0.3, -0.25) is 14.4 Å². The first-order chi connectivity index (χ1) is 27.9. The van der Waals surface area contributed by atoms with E-state index in [9.17, 15) is 44.4 Å². The first-order valence-electron chi connectivity index (χ1n) is 19.6. The van der Waals surface area contributed by atoms with Gasteiger partial charge in [-0.2, -0.15) is 0 Å². The van der Waals surface area contributed by atoms with Gasteiger partial charge in [0.25, 0.3) is 5.91 Å². The minimum Gasteiger partial charge on any atom is -0.457 e. The molecule has 1 heterocycles. The number of hydrogen-bond donors (Lipinski definition) is 5. The molecule has 2 bridgehead atoms. The van der Waals surface area contributed by atoms with Crippen molar-refractivity contribution in [3.8, 4) is 0 Å². The van der Waals surface area contributed by atoms with Crippen LogP contribution in [-0.2, 0) is 33.3 Å². The summed E-state index contributed by atoms with van der Waals surface area (Å²) in [6.07, 6.45) is -11.0. The molecule has 1 saturated carbocycles.